The number of benzene rings is 2. The molecule has 2 aromatic carbocycles. The summed E-state index contributed by atoms with van der Waals surface area (Å²) in [4.78, 5) is 0. The number of allylic oxidation sites excluding steroid dienone is 1. The molecular formula is C20H16ClN3O. The summed E-state index contributed by atoms with van der Waals surface area (Å²) in [6.07, 6.45) is 1.61. The van der Waals surface area contributed by atoms with Gasteiger partial charge >= 0.3 is 0 Å². The quantitative estimate of drug-likeness (QED) is 0.699. The summed E-state index contributed by atoms with van der Waals surface area (Å²) in [5.74, 6) is 0. The van der Waals surface area contributed by atoms with Crippen LogP contribution in [0.25, 0.3) is 16.9 Å². The second kappa shape index (κ2) is 7.35. The summed E-state index contributed by atoms with van der Waals surface area (Å²) in [5, 5.41) is 24.2. The highest BCUT2D eigenvalue weighted by molar-refractivity contribution is 6.31. The molecule has 1 aromatic heterocycles. The van der Waals surface area contributed by atoms with Crippen LogP contribution in [0.2, 0.25) is 5.15 Å². The van der Waals surface area contributed by atoms with E-state index in [1.54, 1.807) is 4.68 Å². The number of aliphatic hydroxyl groups excluding tert-OH is 1. The Morgan fingerprint density at radius 2 is 1.84 bits per heavy atom. The van der Waals surface area contributed by atoms with Gasteiger partial charge in [0.05, 0.1) is 11.8 Å². The Labute approximate surface area is 151 Å². The van der Waals surface area contributed by atoms with Gasteiger partial charge in [-0.1, -0.05) is 59.6 Å². The van der Waals surface area contributed by atoms with Gasteiger partial charge in [0.25, 0.3) is 0 Å². The molecule has 0 aliphatic rings. The van der Waals surface area contributed by atoms with Crippen LogP contribution in [0.5, 0.6) is 0 Å². The Bertz CT molecular complexity index is 938. The van der Waals surface area contributed by atoms with Crippen molar-refractivity contribution in [2.75, 3.05) is 0 Å². The number of aromatic nitrogens is 2. The number of nitrogens with zero attached hydrogens (tertiary/aromatic N) is 3. The lowest BCUT2D eigenvalue weighted by molar-refractivity contribution is 0.229. The second-order valence-corrected chi connectivity index (χ2v) is 5.96. The van der Waals surface area contributed by atoms with Crippen molar-refractivity contribution in [2.24, 2.45) is 0 Å². The molecule has 0 aliphatic carbocycles. The van der Waals surface area contributed by atoms with E-state index in [9.17, 15) is 5.11 Å². The molecule has 25 heavy (non-hydrogen) atoms. The van der Waals surface area contributed by atoms with Crippen LogP contribution < -0.4 is 0 Å². The van der Waals surface area contributed by atoms with E-state index in [1.807, 2.05) is 67.6 Å². The Morgan fingerprint density at radius 1 is 1.16 bits per heavy atom. The predicted octanol–water partition coefficient (Wildman–Crippen LogP) is 4.61. The zero-order valence-corrected chi connectivity index (χ0v) is 14.4. The van der Waals surface area contributed by atoms with Crippen molar-refractivity contribution < 1.29 is 5.11 Å². The number of nitriles is 1. The number of halogens is 1. The lowest BCUT2D eigenvalue weighted by Gasteiger charge is -2.07. The van der Waals surface area contributed by atoms with Crippen LogP contribution >= 0.6 is 11.6 Å². The van der Waals surface area contributed by atoms with Crippen molar-refractivity contribution in [2.45, 2.75) is 13.0 Å². The standard InChI is InChI=1S/C20H16ClN3O/c1-14-9-11-15(12-10-14)19-18(17(25)8-5-13-22)20(21)24(23-19)16-6-3-2-4-7-16/h2-12,17,25H,1H3. The number of aryl methyl sites for hydroxylation is 1. The number of aliphatic hydroxyl groups is 1. The molecule has 3 rings (SSSR count). The fraction of sp³-hybridized carbons (Fsp3) is 0.100. The van der Waals surface area contributed by atoms with Crippen LogP contribution in [-0.2, 0) is 0 Å². The van der Waals surface area contributed by atoms with Gasteiger partial charge in [-0.15, -0.1) is 0 Å². The average Bonchev–Trinajstić information content (AvgIpc) is 2.98. The molecular weight excluding hydrogens is 334 g/mol. The molecule has 4 nitrogen and oxygen atoms in total. The summed E-state index contributed by atoms with van der Waals surface area (Å²) in [6, 6.07) is 19.2. The Morgan fingerprint density at radius 3 is 2.48 bits per heavy atom. The highest BCUT2D eigenvalue weighted by atomic mass is 35.5. The van der Waals surface area contributed by atoms with Crippen LogP contribution in [0.15, 0.2) is 66.7 Å². The number of hydrogen-bond acceptors (Lipinski definition) is 3. The van der Waals surface area contributed by atoms with E-state index < -0.39 is 6.10 Å². The first-order chi connectivity index (χ1) is 12.1. The maximum absolute atomic E-state index is 10.5. The minimum absolute atomic E-state index is 0.317. The zero-order chi connectivity index (χ0) is 17.8. The topological polar surface area (TPSA) is 61.8 Å². The van der Waals surface area contributed by atoms with Crippen molar-refractivity contribution in [1.29, 1.82) is 5.26 Å². The van der Waals surface area contributed by atoms with Crippen molar-refractivity contribution in [1.82, 2.24) is 9.78 Å². The fourth-order valence-corrected chi connectivity index (χ4v) is 2.90. The molecule has 0 fully saturated rings. The van der Waals surface area contributed by atoms with Gasteiger partial charge in [0, 0.05) is 17.2 Å². The third kappa shape index (κ3) is 3.48. The van der Waals surface area contributed by atoms with E-state index in [4.69, 9.17) is 16.9 Å². The lowest BCUT2D eigenvalue weighted by atomic mass is 10.0. The molecule has 0 bridgehead atoms. The van der Waals surface area contributed by atoms with Crippen molar-refractivity contribution in [3.63, 3.8) is 0 Å². The molecule has 1 heterocycles. The van der Waals surface area contributed by atoms with Crippen LogP contribution in [0.4, 0.5) is 0 Å². The van der Waals surface area contributed by atoms with Crippen LogP contribution in [0, 0.1) is 18.3 Å². The number of para-hydroxylation sites is 1. The van der Waals surface area contributed by atoms with E-state index in [0.717, 1.165) is 16.8 Å². The highest BCUT2D eigenvalue weighted by Crippen LogP contribution is 2.35. The summed E-state index contributed by atoms with van der Waals surface area (Å²) in [5.41, 5.74) is 3.83. The number of hydrogen-bond donors (Lipinski definition) is 1. The molecule has 5 heteroatoms. The Hall–Kier alpha value is -2.87. The molecule has 1 unspecified atom stereocenters. The Kier molecular flexibility index (Phi) is 4.99. The van der Waals surface area contributed by atoms with Gasteiger partial charge in [-0.05, 0) is 25.1 Å². The largest absolute Gasteiger partial charge is 0.384 e. The molecule has 0 radical (unpaired) electrons. The third-order valence-electron chi connectivity index (χ3n) is 3.84. The van der Waals surface area contributed by atoms with Gasteiger partial charge in [0.15, 0.2) is 0 Å². The Balaban J connectivity index is 2.20. The lowest BCUT2D eigenvalue weighted by Crippen LogP contribution is -1.97. The van der Waals surface area contributed by atoms with Gasteiger partial charge in [0.2, 0.25) is 0 Å². The van der Waals surface area contributed by atoms with Crippen molar-refractivity contribution >= 4 is 11.6 Å². The van der Waals surface area contributed by atoms with Gasteiger partial charge < -0.3 is 5.11 Å². The van der Waals surface area contributed by atoms with E-state index >= 15 is 0 Å². The van der Waals surface area contributed by atoms with Crippen molar-refractivity contribution in [3.05, 3.63) is 83.0 Å². The molecule has 0 saturated carbocycles. The zero-order valence-electron chi connectivity index (χ0n) is 13.6. The van der Waals surface area contributed by atoms with Crippen LogP contribution in [-0.4, -0.2) is 14.9 Å². The minimum Gasteiger partial charge on any atom is -0.384 e. The summed E-state index contributed by atoms with van der Waals surface area (Å²) >= 11 is 6.54. The highest BCUT2D eigenvalue weighted by Gasteiger charge is 2.23. The molecule has 3 aromatic rings. The second-order valence-electron chi connectivity index (χ2n) is 5.60. The van der Waals surface area contributed by atoms with Gasteiger partial charge in [-0.2, -0.15) is 10.4 Å². The van der Waals surface area contributed by atoms with E-state index in [-0.39, 0.29) is 0 Å². The summed E-state index contributed by atoms with van der Waals surface area (Å²) in [6.45, 7) is 2.00. The van der Waals surface area contributed by atoms with Crippen LogP contribution in [0.1, 0.15) is 17.2 Å². The SMILES string of the molecule is Cc1ccc(-c2nn(-c3ccccc3)c(Cl)c2C(O)C=CC#N)cc1. The third-order valence-corrected chi connectivity index (χ3v) is 4.20. The molecule has 0 aliphatic heterocycles. The molecule has 0 saturated heterocycles. The predicted molar refractivity (Wildman–Crippen MR) is 98.5 cm³/mol. The number of rotatable bonds is 4. The first-order valence-corrected chi connectivity index (χ1v) is 8.15. The van der Waals surface area contributed by atoms with Crippen molar-refractivity contribution in [3.8, 4) is 23.0 Å². The normalized spacial score (nSPS) is 12.2. The average molecular weight is 350 g/mol. The molecule has 124 valence electrons. The van der Waals surface area contributed by atoms with Gasteiger partial charge in [-0.25, -0.2) is 4.68 Å². The molecule has 0 amide bonds. The smallest absolute Gasteiger partial charge is 0.139 e. The first kappa shape index (κ1) is 17.0. The summed E-state index contributed by atoms with van der Waals surface area (Å²) in [7, 11) is 0. The summed E-state index contributed by atoms with van der Waals surface area (Å²) < 4.78 is 1.59. The maximum atomic E-state index is 10.5. The maximum Gasteiger partial charge on any atom is 0.139 e. The molecule has 1 N–H and O–H groups in total. The van der Waals surface area contributed by atoms with Gasteiger partial charge in [-0.3, -0.25) is 0 Å². The van der Waals surface area contributed by atoms with Crippen LogP contribution in [0.3, 0.4) is 0 Å². The monoisotopic (exact) mass is 349 g/mol. The van der Waals surface area contributed by atoms with E-state index in [0.29, 0.717) is 16.4 Å². The fourth-order valence-electron chi connectivity index (χ4n) is 2.57. The minimum atomic E-state index is -1.03. The van der Waals surface area contributed by atoms with E-state index in [2.05, 4.69) is 5.10 Å². The van der Waals surface area contributed by atoms with Gasteiger partial charge in [0.1, 0.15) is 17.0 Å². The molecule has 1 atom stereocenters. The van der Waals surface area contributed by atoms with E-state index in [1.165, 1.54) is 12.2 Å². The first-order valence-electron chi connectivity index (χ1n) is 7.77. The molecule has 0 spiro atoms.